The molecule has 3 heteroatoms. The average molecular weight is 173 g/mol. The molecule has 0 aromatic heterocycles. The number of rotatable bonds is 4. The molecule has 72 valence electrons. The fourth-order valence-electron chi connectivity index (χ4n) is 1.68. The summed E-state index contributed by atoms with van der Waals surface area (Å²) < 4.78 is 5.56. The Balaban J connectivity index is 2.25. The maximum absolute atomic E-state index is 8.99. The van der Waals surface area contributed by atoms with Gasteiger partial charge in [-0.25, -0.2) is 0 Å². The average Bonchev–Trinajstić information content (AvgIpc) is 2.45. The van der Waals surface area contributed by atoms with Gasteiger partial charge in [-0.2, -0.15) is 0 Å². The number of hydrogen-bond acceptors (Lipinski definition) is 3. The van der Waals surface area contributed by atoms with E-state index in [0.29, 0.717) is 0 Å². The zero-order valence-corrected chi connectivity index (χ0v) is 7.75. The highest BCUT2D eigenvalue weighted by Gasteiger charge is 2.35. The maximum Gasteiger partial charge on any atom is 0.0612 e. The molecule has 1 fully saturated rings. The van der Waals surface area contributed by atoms with Gasteiger partial charge in [0.1, 0.15) is 0 Å². The van der Waals surface area contributed by atoms with Crippen LogP contribution < -0.4 is 5.73 Å². The van der Waals surface area contributed by atoms with Crippen LogP contribution in [0.15, 0.2) is 0 Å². The number of nitrogens with two attached hydrogens (primary N) is 1. The molecule has 0 heterocycles. The van der Waals surface area contributed by atoms with E-state index in [4.69, 9.17) is 15.6 Å². The molecule has 1 saturated carbocycles. The second kappa shape index (κ2) is 4.21. The van der Waals surface area contributed by atoms with Gasteiger partial charge in [0.25, 0.3) is 0 Å². The van der Waals surface area contributed by atoms with E-state index in [-0.39, 0.29) is 18.2 Å². The van der Waals surface area contributed by atoms with Crippen LogP contribution in [-0.2, 0) is 4.74 Å². The van der Waals surface area contributed by atoms with Gasteiger partial charge in [0.2, 0.25) is 0 Å². The predicted molar refractivity (Wildman–Crippen MR) is 47.9 cm³/mol. The van der Waals surface area contributed by atoms with Crippen molar-refractivity contribution in [2.45, 2.75) is 44.2 Å². The fourth-order valence-corrected chi connectivity index (χ4v) is 1.68. The van der Waals surface area contributed by atoms with Gasteiger partial charge < -0.3 is 15.6 Å². The first kappa shape index (κ1) is 9.96. The monoisotopic (exact) mass is 173 g/mol. The van der Waals surface area contributed by atoms with Crippen molar-refractivity contribution in [2.75, 3.05) is 13.2 Å². The molecule has 0 aromatic rings. The van der Waals surface area contributed by atoms with Crippen LogP contribution >= 0.6 is 0 Å². The minimum Gasteiger partial charge on any atom is -0.394 e. The van der Waals surface area contributed by atoms with Crippen molar-refractivity contribution in [3.8, 4) is 0 Å². The summed E-state index contributed by atoms with van der Waals surface area (Å²) in [7, 11) is 0. The van der Waals surface area contributed by atoms with E-state index >= 15 is 0 Å². The maximum atomic E-state index is 8.99. The van der Waals surface area contributed by atoms with E-state index < -0.39 is 0 Å². The normalized spacial score (nSPS) is 35.8. The summed E-state index contributed by atoms with van der Waals surface area (Å²) in [6.45, 7) is 2.99. The summed E-state index contributed by atoms with van der Waals surface area (Å²) in [5, 5.41) is 8.99. The first-order chi connectivity index (χ1) is 5.70. The summed E-state index contributed by atoms with van der Waals surface area (Å²) in [4.78, 5) is 0. The Morgan fingerprint density at radius 2 is 2.42 bits per heavy atom. The summed E-state index contributed by atoms with van der Waals surface area (Å²) in [5.74, 6) is 0. The highest BCUT2D eigenvalue weighted by Crippen LogP contribution is 2.29. The standard InChI is InChI=1S/C9H19NO2/c1-2-5-12-8-3-4-9(10,6-8)7-11/h8,11H,2-7,10H2,1H3. The smallest absolute Gasteiger partial charge is 0.0612 e. The quantitative estimate of drug-likeness (QED) is 0.656. The molecular weight excluding hydrogens is 154 g/mol. The lowest BCUT2D eigenvalue weighted by Crippen LogP contribution is -2.41. The molecule has 3 nitrogen and oxygen atoms in total. The predicted octanol–water partition coefficient (Wildman–Crippen LogP) is 0.655. The molecule has 0 bridgehead atoms. The fraction of sp³-hybridized carbons (Fsp3) is 1.00. The summed E-state index contributed by atoms with van der Waals surface area (Å²) in [5.41, 5.74) is 5.53. The first-order valence-electron chi connectivity index (χ1n) is 4.71. The summed E-state index contributed by atoms with van der Waals surface area (Å²) in [6, 6.07) is 0. The largest absolute Gasteiger partial charge is 0.394 e. The lowest BCUT2D eigenvalue weighted by molar-refractivity contribution is 0.0510. The van der Waals surface area contributed by atoms with E-state index in [0.717, 1.165) is 32.3 Å². The van der Waals surface area contributed by atoms with Crippen molar-refractivity contribution in [2.24, 2.45) is 5.73 Å². The van der Waals surface area contributed by atoms with Gasteiger partial charge in [0.05, 0.1) is 12.7 Å². The molecule has 0 aliphatic heterocycles. The van der Waals surface area contributed by atoms with Crippen molar-refractivity contribution in [1.29, 1.82) is 0 Å². The van der Waals surface area contributed by atoms with Crippen molar-refractivity contribution in [3.05, 3.63) is 0 Å². The Kier molecular flexibility index (Phi) is 3.50. The summed E-state index contributed by atoms with van der Waals surface area (Å²) in [6.07, 6.45) is 4.02. The molecule has 0 amide bonds. The molecule has 0 radical (unpaired) electrons. The van der Waals surface area contributed by atoms with Gasteiger partial charge in [-0.1, -0.05) is 6.92 Å². The van der Waals surface area contributed by atoms with Gasteiger partial charge in [-0.05, 0) is 25.7 Å². The number of aliphatic hydroxyl groups excluding tert-OH is 1. The van der Waals surface area contributed by atoms with Crippen molar-refractivity contribution in [1.82, 2.24) is 0 Å². The SMILES string of the molecule is CCCOC1CCC(N)(CO)C1. The molecule has 1 aliphatic rings. The van der Waals surface area contributed by atoms with Crippen molar-refractivity contribution in [3.63, 3.8) is 0 Å². The zero-order valence-electron chi connectivity index (χ0n) is 7.75. The molecule has 0 saturated heterocycles. The third-order valence-electron chi connectivity index (χ3n) is 2.47. The Hall–Kier alpha value is -0.120. The van der Waals surface area contributed by atoms with Crippen LogP contribution in [0.5, 0.6) is 0 Å². The Morgan fingerprint density at radius 1 is 1.67 bits per heavy atom. The van der Waals surface area contributed by atoms with Crippen LogP contribution in [0.3, 0.4) is 0 Å². The Labute approximate surface area is 73.9 Å². The van der Waals surface area contributed by atoms with Crippen LogP contribution in [0.4, 0.5) is 0 Å². The van der Waals surface area contributed by atoms with Crippen LogP contribution in [0, 0.1) is 0 Å². The van der Waals surface area contributed by atoms with Gasteiger partial charge in [0, 0.05) is 12.1 Å². The summed E-state index contributed by atoms with van der Waals surface area (Å²) >= 11 is 0. The molecule has 2 unspecified atom stereocenters. The van der Waals surface area contributed by atoms with Crippen LogP contribution in [0.25, 0.3) is 0 Å². The minimum absolute atomic E-state index is 0.0823. The molecule has 12 heavy (non-hydrogen) atoms. The second-order valence-corrected chi connectivity index (χ2v) is 3.76. The van der Waals surface area contributed by atoms with Gasteiger partial charge >= 0.3 is 0 Å². The second-order valence-electron chi connectivity index (χ2n) is 3.76. The first-order valence-corrected chi connectivity index (χ1v) is 4.71. The lowest BCUT2D eigenvalue weighted by Gasteiger charge is -2.20. The Morgan fingerprint density at radius 3 is 2.92 bits per heavy atom. The lowest BCUT2D eigenvalue weighted by atomic mass is 10.0. The Bertz CT molecular complexity index is 138. The van der Waals surface area contributed by atoms with Crippen molar-refractivity contribution >= 4 is 0 Å². The molecular formula is C9H19NO2. The highest BCUT2D eigenvalue weighted by molar-refractivity contribution is 4.93. The number of aliphatic hydroxyl groups is 1. The molecule has 0 aromatic carbocycles. The van der Waals surface area contributed by atoms with Gasteiger partial charge in [-0.3, -0.25) is 0 Å². The zero-order chi connectivity index (χ0) is 9.03. The number of ether oxygens (including phenoxy) is 1. The van der Waals surface area contributed by atoms with Crippen LogP contribution in [-0.4, -0.2) is 30.0 Å². The van der Waals surface area contributed by atoms with E-state index in [2.05, 4.69) is 6.92 Å². The van der Waals surface area contributed by atoms with Crippen LogP contribution in [0.2, 0.25) is 0 Å². The molecule has 1 rings (SSSR count). The van der Waals surface area contributed by atoms with Crippen molar-refractivity contribution < 1.29 is 9.84 Å². The molecule has 0 spiro atoms. The molecule has 1 aliphatic carbocycles. The van der Waals surface area contributed by atoms with Gasteiger partial charge in [0.15, 0.2) is 0 Å². The molecule has 3 N–H and O–H groups in total. The molecule has 2 atom stereocenters. The van der Waals surface area contributed by atoms with Crippen LogP contribution in [0.1, 0.15) is 32.6 Å². The van der Waals surface area contributed by atoms with E-state index in [9.17, 15) is 0 Å². The topological polar surface area (TPSA) is 55.5 Å². The third-order valence-corrected chi connectivity index (χ3v) is 2.47. The van der Waals surface area contributed by atoms with E-state index in [1.54, 1.807) is 0 Å². The highest BCUT2D eigenvalue weighted by atomic mass is 16.5. The van der Waals surface area contributed by atoms with E-state index in [1.807, 2.05) is 0 Å². The minimum atomic E-state index is -0.363. The van der Waals surface area contributed by atoms with Gasteiger partial charge in [-0.15, -0.1) is 0 Å². The third kappa shape index (κ3) is 2.44. The van der Waals surface area contributed by atoms with E-state index in [1.165, 1.54) is 0 Å². The number of hydrogen-bond donors (Lipinski definition) is 2.